The lowest BCUT2D eigenvalue weighted by Crippen LogP contribution is -2.11. The summed E-state index contributed by atoms with van der Waals surface area (Å²) < 4.78 is 6.39. The van der Waals surface area contributed by atoms with Crippen LogP contribution in [0.25, 0.3) is 77.2 Å². The van der Waals surface area contributed by atoms with E-state index in [0.717, 1.165) is 60.9 Å². The van der Waals surface area contributed by atoms with Crippen molar-refractivity contribution in [3.8, 4) is 44.5 Å². The van der Waals surface area contributed by atoms with Gasteiger partial charge in [-0.05, 0) is 105 Å². The van der Waals surface area contributed by atoms with Gasteiger partial charge in [0.05, 0.1) is 5.69 Å². The normalized spacial score (nSPS) is 11.3. The summed E-state index contributed by atoms with van der Waals surface area (Å²) in [5.74, 6) is 0. The van der Waals surface area contributed by atoms with Crippen LogP contribution in [0.15, 0.2) is 217 Å². The highest BCUT2D eigenvalue weighted by Crippen LogP contribution is 2.43. The highest BCUT2D eigenvalue weighted by atomic mass is 16.3. The van der Waals surface area contributed by atoms with Crippen LogP contribution in [0.4, 0.5) is 17.1 Å². The Morgan fingerprint density at radius 1 is 0.315 bits per heavy atom. The molecule has 254 valence electrons. The van der Waals surface area contributed by atoms with E-state index in [2.05, 4.69) is 205 Å². The highest BCUT2D eigenvalue weighted by Gasteiger charge is 2.19. The zero-order chi connectivity index (χ0) is 35.8. The third-order valence-corrected chi connectivity index (χ3v) is 10.5. The number of para-hydroxylation sites is 2. The molecule has 1 aromatic heterocycles. The predicted octanol–water partition coefficient (Wildman–Crippen LogP) is 14.9. The van der Waals surface area contributed by atoms with Gasteiger partial charge < -0.3 is 9.32 Å². The molecule has 1 heterocycles. The van der Waals surface area contributed by atoms with Crippen LogP contribution in [0.1, 0.15) is 0 Å². The van der Waals surface area contributed by atoms with Gasteiger partial charge in [-0.3, -0.25) is 0 Å². The molecule has 0 amide bonds. The second-order valence-corrected chi connectivity index (χ2v) is 13.7. The minimum absolute atomic E-state index is 0.915. The summed E-state index contributed by atoms with van der Waals surface area (Å²) in [5.41, 5.74) is 14.6. The third-order valence-electron chi connectivity index (χ3n) is 10.5. The average Bonchev–Trinajstić information content (AvgIpc) is 3.64. The summed E-state index contributed by atoms with van der Waals surface area (Å²) in [6, 6.07) is 75.9. The molecule has 0 spiro atoms. The van der Waals surface area contributed by atoms with Crippen LogP contribution in [-0.2, 0) is 0 Å². The van der Waals surface area contributed by atoms with Crippen molar-refractivity contribution in [1.29, 1.82) is 0 Å². The Morgan fingerprint density at radius 2 is 0.833 bits per heavy atom. The first-order valence-electron chi connectivity index (χ1n) is 18.4. The van der Waals surface area contributed by atoms with Gasteiger partial charge in [0, 0.05) is 33.1 Å². The maximum atomic E-state index is 6.39. The number of benzene rings is 9. The summed E-state index contributed by atoms with van der Waals surface area (Å²) in [5, 5.41) is 4.55. The molecule has 0 aliphatic carbocycles. The summed E-state index contributed by atoms with van der Waals surface area (Å²) in [6.07, 6.45) is 0. The van der Waals surface area contributed by atoms with E-state index >= 15 is 0 Å². The number of hydrogen-bond donors (Lipinski definition) is 0. The van der Waals surface area contributed by atoms with E-state index in [-0.39, 0.29) is 0 Å². The van der Waals surface area contributed by atoms with Crippen molar-refractivity contribution < 1.29 is 4.42 Å². The van der Waals surface area contributed by atoms with Crippen LogP contribution in [0, 0.1) is 0 Å². The molecule has 2 heteroatoms. The molecule has 0 N–H and O–H groups in total. The van der Waals surface area contributed by atoms with Crippen LogP contribution in [0.2, 0.25) is 0 Å². The number of rotatable bonds is 7. The van der Waals surface area contributed by atoms with Gasteiger partial charge in [0.1, 0.15) is 11.2 Å². The lowest BCUT2D eigenvalue weighted by molar-refractivity contribution is 0.672. The van der Waals surface area contributed by atoms with Gasteiger partial charge in [0.2, 0.25) is 0 Å². The van der Waals surface area contributed by atoms with Crippen molar-refractivity contribution in [2.24, 2.45) is 0 Å². The Hall–Kier alpha value is -7.16. The number of nitrogens with zero attached hydrogens (tertiary/aromatic N) is 1. The van der Waals surface area contributed by atoms with Gasteiger partial charge in [-0.2, -0.15) is 0 Å². The Morgan fingerprint density at radius 3 is 1.54 bits per heavy atom. The number of furan rings is 1. The van der Waals surface area contributed by atoms with Crippen molar-refractivity contribution in [3.63, 3.8) is 0 Å². The Bertz CT molecular complexity index is 2910. The van der Waals surface area contributed by atoms with Gasteiger partial charge in [-0.1, -0.05) is 152 Å². The quantitative estimate of drug-likeness (QED) is 0.166. The smallest absolute Gasteiger partial charge is 0.143 e. The molecule has 0 fully saturated rings. The van der Waals surface area contributed by atoms with E-state index < -0.39 is 0 Å². The molecule has 0 unspecified atom stereocenters. The molecular formula is C52H35NO. The van der Waals surface area contributed by atoms with Gasteiger partial charge >= 0.3 is 0 Å². The number of fused-ring (bicyclic) bond motifs is 5. The Balaban J connectivity index is 1.08. The first-order valence-corrected chi connectivity index (χ1v) is 18.4. The standard InChI is InChI=1S/C52H35NO/c1-3-12-36(13-4-1)38-22-28-44(29-23-38)53(45-30-24-39(25-31-45)41-17-11-16-40(34-41)37-14-5-2-6-15-37)50-20-9-7-18-46(50)42-26-32-47-43(35-42)27-33-49-48-19-8-10-21-51(48)54-52(47)49/h1-35H. The van der Waals surface area contributed by atoms with Crippen LogP contribution in [0.5, 0.6) is 0 Å². The topological polar surface area (TPSA) is 16.4 Å². The van der Waals surface area contributed by atoms with Gasteiger partial charge in [-0.15, -0.1) is 0 Å². The second-order valence-electron chi connectivity index (χ2n) is 13.7. The summed E-state index contributed by atoms with van der Waals surface area (Å²) in [7, 11) is 0. The minimum Gasteiger partial charge on any atom is -0.455 e. The Kier molecular flexibility index (Phi) is 7.85. The van der Waals surface area contributed by atoms with Crippen LogP contribution in [-0.4, -0.2) is 0 Å². The molecule has 54 heavy (non-hydrogen) atoms. The minimum atomic E-state index is 0.915. The van der Waals surface area contributed by atoms with E-state index in [1.54, 1.807) is 0 Å². The molecule has 0 radical (unpaired) electrons. The maximum absolute atomic E-state index is 6.39. The molecule has 10 rings (SSSR count). The summed E-state index contributed by atoms with van der Waals surface area (Å²) >= 11 is 0. The van der Waals surface area contributed by atoms with Gasteiger partial charge in [0.15, 0.2) is 0 Å². The van der Waals surface area contributed by atoms with E-state index in [1.807, 2.05) is 12.1 Å². The van der Waals surface area contributed by atoms with Crippen molar-refractivity contribution in [2.45, 2.75) is 0 Å². The first-order chi connectivity index (χ1) is 26.8. The van der Waals surface area contributed by atoms with Crippen molar-refractivity contribution >= 4 is 49.8 Å². The van der Waals surface area contributed by atoms with E-state index in [1.165, 1.54) is 33.4 Å². The van der Waals surface area contributed by atoms with E-state index in [0.29, 0.717) is 0 Å². The second kappa shape index (κ2) is 13.4. The summed E-state index contributed by atoms with van der Waals surface area (Å²) in [4.78, 5) is 2.38. The summed E-state index contributed by atoms with van der Waals surface area (Å²) in [6.45, 7) is 0. The molecule has 10 aromatic rings. The third kappa shape index (κ3) is 5.71. The van der Waals surface area contributed by atoms with Crippen molar-refractivity contribution in [1.82, 2.24) is 0 Å². The SMILES string of the molecule is c1ccc(-c2ccc(N(c3ccc(-c4cccc(-c5ccccc5)c4)cc3)c3ccccc3-c3ccc4c(ccc5c6ccccc6oc45)c3)cc2)cc1. The van der Waals surface area contributed by atoms with E-state index in [9.17, 15) is 0 Å². The molecular weight excluding hydrogens is 655 g/mol. The Labute approximate surface area is 314 Å². The van der Waals surface area contributed by atoms with Crippen LogP contribution >= 0.6 is 0 Å². The average molecular weight is 690 g/mol. The van der Waals surface area contributed by atoms with Crippen LogP contribution in [0.3, 0.4) is 0 Å². The molecule has 0 saturated carbocycles. The molecule has 9 aromatic carbocycles. The number of hydrogen-bond acceptors (Lipinski definition) is 2. The predicted molar refractivity (Wildman–Crippen MR) is 228 cm³/mol. The van der Waals surface area contributed by atoms with Gasteiger partial charge in [0.25, 0.3) is 0 Å². The molecule has 0 atom stereocenters. The molecule has 0 aliphatic rings. The fourth-order valence-corrected chi connectivity index (χ4v) is 7.76. The number of anilines is 3. The molecule has 0 aliphatic heterocycles. The molecule has 0 saturated heterocycles. The van der Waals surface area contributed by atoms with Crippen molar-refractivity contribution in [3.05, 3.63) is 212 Å². The largest absolute Gasteiger partial charge is 0.455 e. The zero-order valence-corrected chi connectivity index (χ0v) is 29.6. The van der Waals surface area contributed by atoms with E-state index in [4.69, 9.17) is 4.42 Å². The zero-order valence-electron chi connectivity index (χ0n) is 29.6. The highest BCUT2D eigenvalue weighted by molar-refractivity contribution is 6.15. The fourth-order valence-electron chi connectivity index (χ4n) is 7.76. The lowest BCUT2D eigenvalue weighted by Gasteiger charge is -2.28. The monoisotopic (exact) mass is 689 g/mol. The maximum Gasteiger partial charge on any atom is 0.143 e. The van der Waals surface area contributed by atoms with Crippen LogP contribution < -0.4 is 4.90 Å². The molecule has 2 nitrogen and oxygen atoms in total. The lowest BCUT2D eigenvalue weighted by atomic mass is 9.97. The van der Waals surface area contributed by atoms with Crippen molar-refractivity contribution in [2.75, 3.05) is 4.90 Å². The first kappa shape index (κ1) is 31.6. The molecule has 0 bridgehead atoms. The van der Waals surface area contributed by atoms with Gasteiger partial charge in [-0.25, -0.2) is 0 Å². The fraction of sp³-hybridized carbons (Fsp3) is 0.